The zero-order valence-corrected chi connectivity index (χ0v) is 14.7. The first-order valence-electron chi connectivity index (χ1n) is 9.04. The first kappa shape index (κ1) is 19.2. The van der Waals surface area contributed by atoms with Crippen LogP contribution >= 0.6 is 0 Å². The van der Waals surface area contributed by atoms with E-state index >= 15 is 0 Å². The molecule has 2 aliphatic heterocycles. The van der Waals surface area contributed by atoms with E-state index in [4.69, 9.17) is 4.74 Å². The van der Waals surface area contributed by atoms with Gasteiger partial charge in [-0.2, -0.15) is 18.3 Å². The number of carbonyl (C=O) groups is 1. The second kappa shape index (κ2) is 7.96. The Morgan fingerprint density at radius 2 is 1.96 bits per heavy atom. The van der Waals surface area contributed by atoms with E-state index in [1.807, 2.05) is 0 Å². The monoisotopic (exact) mass is 374 g/mol. The van der Waals surface area contributed by atoms with Gasteiger partial charge in [-0.05, 0) is 37.7 Å². The van der Waals surface area contributed by atoms with Gasteiger partial charge in [0.15, 0.2) is 0 Å². The molecule has 2 fully saturated rings. The number of rotatable bonds is 5. The van der Waals surface area contributed by atoms with Crippen molar-refractivity contribution in [2.24, 2.45) is 5.92 Å². The summed E-state index contributed by atoms with van der Waals surface area (Å²) in [4.78, 5) is 15.0. The van der Waals surface area contributed by atoms with Crippen molar-refractivity contribution in [2.45, 2.75) is 37.4 Å². The van der Waals surface area contributed by atoms with Crippen LogP contribution in [0.1, 0.15) is 25.7 Å². The molecule has 0 aliphatic carbocycles. The van der Waals surface area contributed by atoms with Crippen LogP contribution < -0.4 is 5.32 Å². The highest BCUT2D eigenvalue weighted by Crippen LogP contribution is 2.31. The Balaban J connectivity index is 1.64. The molecule has 0 spiro atoms. The first-order valence-corrected chi connectivity index (χ1v) is 9.04. The number of hydrogen-bond acceptors (Lipinski definition) is 4. The van der Waals surface area contributed by atoms with Crippen LogP contribution in [-0.4, -0.2) is 66.2 Å². The molecule has 0 atom stereocenters. The Bertz CT molecular complexity index is 577. The molecule has 2 aliphatic rings. The fraction of sp³-hybridized carbons (Fsp3) is 0.765. The molecule has 1 aromatic rings. The van der Waals surface area contributed by atoms with Crippen molar-refractivity contribution in [3.8, 4) is 0 Å². The molecule has 3 heterocycles. The van der Waals surface area contributed by atoms with Crippen LogP contribution in [0.25, 0.3) is 0 Å². The van der Waals surface area contributed by atoms with Crippen LogP contribution in [0.5, 0.6) is 0 Å². The van der Waals surface area contributed by atoms with E-state index in [-0.39, 0.29) is 0 Å². The second-order valence-electron chi connectivity index (χ2n) is 7.14. The van der Waals surface area contributed by atoms with E-state index < -0.39 is 24.2 Å². The molecular formula is C17H25F3N4O2. The number of nitrogens with zero attached hydrogens (tertiary/aromatic N) is 3. The van der Waals surface area contributed by atoms with Gasteiger partial charge in [-0.3, -0.25) is 9.48 Å². The summed E-state index contributed by atoms with van der Waals surface area (Å²) in [6, 6.07) is 1.69. The van der Waals surface area contributed by atoms with E-state index in [1.165, 1.54) is 4.68 Å². The van der Waals surface area contributed by atoms with Crippen LogP contribution in [0.4, 0.5) is 13.2 Å². The van der Waals surface area contributed by atoms with Gasteiger partial charge in [0, 0.05) is 45.2 Å². The summed E-state index contributed by atoms with van der Waals surface area (Å²) in [5.41, 5.74) is -1.05. The third-order valence-corrected chi connectivity index (χ3v) is 5.36. The van der Waals surface area contributed by atoms with E-state index in [0.717, 1.165) is 32.6 Å². The van der Waals surface area contributed by atoms with Gasteiger partial charge in [0.2, 0.25) is 5.91 Å². The van der Waals surface area contributed by atoms with Gasteiger partial charge >= 0.3 is 6.18 Å². The summed E-state index contributed by atoms with van der Waals surface area (Å²) in [6.07, 6.45) is 1.74. The molecule has 0 saturated carbocycles. The number of ether oxygens (including phenoxy) is 1. The van der Waals surface area contributed by atoms with Crippen LogP contribution in [0.2, 0.25) is 0 Å². The molecule has 1 N–H and O–H groups in total. The van der Waals surface area contributed by atoms with E-state index in [1.54, 1.807) is 18.5 Å². The van der Waals surface area contributed by atoms with Crippen LogP contribution in [0.15, 0.2) is 18.5 Å². The third-order valence-electron chi connectivity index (χ3n) is 5.36. The maximum absolute atomic E-state index is 12.7. The fourth-order valence-corrected chi connectivity index (χ4v) is 3.83. The van der Waals surface area contributed by atoms with Gasteiger partial charge in [0.25, 0.3) is 0 Å². The summed E-state index contributed by atoms with van der Waals surface area (Å²) < 4.78 is 44.5. The number of piperidine rings is 1. The molecule has 26 heavy (non-hydrogen) atoms. The highest BCUT2D eigenvalue weighted by atomic mass is 19.4. The van der Waals surface area contributed by atoms with E-state index in [2.05, 4.69) is 15.3 Å². The lowest BCUT2D eigenvalue weighted by Crippen LogP contribution is -2.56. The normalized spacial score (nSPS) is 22.3. The number of alkyl halides is 3. The molecule has 9 heteroatoms. The van der Waals surface area contributed by atoms with Crippen LogP contribution in [0.3, 0.4) is 0 Å². The lowest BCUT2D eigenvalue weighted by Gasteiger charge is -2.42. The maximum Gasteiger partial charge on any atom is 0.405 e. The molecule has 6 nitrogen and oxygen atoms in total. The van der Waals surface area contributed by atoms with Crippen LogP contribution in [-0.2, 0) is 15.1 Å². The number of likely N-dealkylation sites (tertiary alicyclic amines) is 1. The van der Waals surface area contributed by atoms with Crippen LogP contribution in [0, 0.1) is 5.92 Å². The van der Waals surface area contributed by atoms with Gasteiger partial charge in [-0.15, -0.1) is 0 Å². The second-order valence-corrected chi connectivity index (χ2v) is 7.14. The standard InChI is InChI=1S/C17H25F3N4O2/c18-17(19,20)13-21-15(25)16(24-7-1-6-22-24)4-8-23(9-5-16)12-14-2-10-26-11-3-14/h1,6-7,14H,2-5,8-13H2,(H,21,25). The van der Waals surface area contributed by atoms with Crippen molar-refractivity contribution in [2.75, 3.05) is 39.4 Å². The molecule has 0 radical (unpaired) electrons. The Hall–Kier alpha value is -1.61. The highest BCUT2D eigenvalue weighted by molar-refractivity contribution is 5.84. The third kappa shape index (κ3) is 4.56. The average molecular weight is 374 g/mol. The smallest absolute Gasteiger partial charge is 0.381 e. The van der Waals surface area contributed by atoms with Gasteiger partial charge in [-0.25, -0.2) is 0 Å². The average Bonchev–Trinajstić information content (AvgIpc) is 3.16. The molecule has 2 saturated heterocycles. The van der Waals surface area contributed by atoms with Crippen molar-refractivity contribution in [1.82, 2.24) is 20.0 Å². The highest BCUT2D eigenvalue weighted by Gasteiger charge is 2.45. The van der Waals surface area contributed by atoms with Gasteiger partial charge in [0.1, 0.15) is 12.1 Å². The lowest BCUT2D eigenvalue weighted by molar-refractivity contribution is -0.146. The summed E-state index contributed by atoms with van der Waals surface area (Å²) in [5.74, 6) is -0.0238. The van der Waals surface area contributed by atoms with Gasteiger partial charge < -0.3 is 15.0 Å². The van der Waals surface area contributed by atoms with Crippen molar-refractivity contribution >= 4 is 5.91 Å². The Morgan fingerprint density at radius 3 is 2.54 bits per heavy atom. The number of amides is 1. The van der Waals surface area contributed by atoms with Crippen molar-refractivity contribution < 1.29 is 22.7 Å². The molecule has 1 aromatic heterocycles. The van der Waals surface area contributed by atoms with E-state index in [9.17, 15) is 18.0 Å². The first-order chi connectivity index (χ1) is 12.4. The number of nitrogens with one attached hydrogen (secondary N) is 1. The number of hydrogen-bond donors (Lipinski definition) is 1. The predicted octanol–water partition coefficient (Wildman–Crippen LogP) is 1.78. The van der Waals surface area contributed by atoms with Crippen molar-refractivity contribution in [1.29, 1.82) is 0 Å². The SMILES string of the molecule is O=C(NCC(F)(F)F)C1(n2cccn2)CCN(CC2CCOCC2)CC1. The molecule has 0 aromatic carbocycles. The Morgan fingerprint density at radius 1 is 1.27 bits per heavy atom. The minimum Gasteiger partial charge on any atom is -0.381 e. The van der Waals surface area contributed by atoms with Crippen molar-refractivity contribution in [3.63, 3.8) is 0 Å². The summed E-state index contributed by atoms with van der Waals surface area (Å²) >= 11 is 0. The maximum atomic E-state index is 12.7. The van der Waals surface area contributed by atoms with Gasteiger partial charge in [-0.1, -0.05) is 0 Å². The molecule has 0 bridgehead atoms. The summed E-state index contributed by atoms with van der Waals surface area (Å²) in [5, 5.41) is 6.22. The zero-order chi connectivity index (χ0) is 18.6. The minimum atomic E-state index is -4.43. The Labute approximate surface area is 150 Å². The number of carbonyl (C=O) groups excluding carboxylic acids is 1. The largest absolute Gasteiger partial charge is 0.405 e. The predicted molar refractivity (Wildman–Crippen MR) is 88.5 cm³/mol. The molecular weight excluding hydrogens is 349 g/mol. The molecule has 146 valence electrons. The summed E-state index contributed by atoms with van der Waals surface area (Å²) in [7, 11) is 0. The number of aromatic nitrogens is 2. The topological polar surface area (TPSA) is 59.4 Å². The fourth-order valence-electron chi connectivity index (χ4n) is 3.83. The summed E-state index contributed by atoms with van der Waals surface area (Å²) in [6.45, 7) is 2.53. The zero-order valence-electron chi connectivity index (χ0n) is 14.7. The lowest BCUT2D eigenvalue weighted by atomic mass is 9.85. The van der Waals surface area contributed by atoms with E-state index in [0.29, 0.717) is 31.8 Å². The number of halogens is 3. The van der Waals surface area contributed by atoms with Gasteiger partial charge in [0.05, 0.1) is 0 Å². The molecule has 0 unspecified atom stereocenters. The molecule has 1 amide bonds. The quantitative estimate of drug-likeness (QED) is 0.854. The van der Waals surface area contributed by atoms with Crippen molar-refractivity contribution in [3.05, 3.63) is 18.5 Å². The minimum absolute atomic E-state index is 0.446. The Kier molecular flexibility index (Phi) is 5.86. The molecule has 3 rings (SSSR count).